The van der Waals surface area contributed by atoms with Gasteiger partial charge in [-0.15, -0.1) is 0 Å². The fourth-order valence-electron chi connectivity index (χ4n) is 3.33. The third kappa shape index (κ3) is 7.70. The topological polar surface area (TPSA) is 191 Å². The van der Waals surface area contributed by atoms with Crippen molar-refractivity contribution < 1.29 is 27.3 Å². The van der Waals surface area contributed by atoms with Crippen LogP contribution in [0, 0.1) is 0 Å². The van der Waals surface area contributed by atoms with E-state index in [1.165, 1.54) is 6.07 Å². The summed E-state index contributed by atoms with van der Waals surface area (Å²) in [5.41, 5.74) is 17.3. The number of primary amides is 1. The Labute approximate surface area is 189 Å². The summed E-state index contributed by atoms with van der Waals surface area (Å²) in [6.07, 6.45) is 0.733. The lowest BCUT2D eigenvalue weighted by Gasteiger charge is -2.21. The highest BCUT2D eigenvalue weighted by molar-refractivity contribution is 9.10. The van der Waals surface area contributed by atoms with Crippen LogP contribution in [0.25, 0.3) is 0 Å². The molecule has 0 bridgehead atoms. The first-order chi connectivity index (χ1) is 14.5. The van der Waals surface area contributed by atoms with E-state index in [4.69, 9.17) is 21.4 Å². The van der Waals surface area contributed by atoms with Crippen LogP contribution in [0.3, 0.4) is 0 Å². The van der Waals surface area contributed by atoms with E-state index in [0.717, 1.165) is 5.56 Å². The van der Waals surface area contributed by atoms with Crippen LogP contribution in [0.1, 0.15) is 31.2 Å². The van der Waals surface area contributed by atoms with Crippen LogP contribution < -0.4 is 21.9 Å². The van der Waals surface area contributed by atoms with Crippen molar-refractivity contribution in [3.63, 3.8) is 0 Å². The van der Waals surface area contributed by atoms with Gasteiger partial charge in [-0.2, -0.15) is 8.42 Å². The number of phenolic OH excluding ortho intramolecular Hbond substituents is 1. The maximum atomic E-state index is 12.3. The van der Waals surface area contributed by atoms with Crippen molar-refractivity contribution in [3.05, 3.63) is 28.2 Å². The van der Waals surface area contributed by atoms with Gasteiger partial charge >= 0.3 is 10.3 Å². The number of unbranched alkanes of at least 4 members (excludes halogenated alkanes) is 1. The molecule has 1 fully saturated rings. The van der Waals surface area contributed by atoms with Crippen molar-refractivity contribution >= 4 is 38.0 Å². The zero-order valence-corrected chi connectivity index (χ0v) is 19.3. The van der Waals surface area contributed by atoms with Crippen LogP contribution in [0.2, 0.25) is 0 Å². The molecule has 1 aliphatic heterocycles. The molecule has 8 N–H and O–H groups in total. The van der Waals surface area contributed by atoms with Crippen LogP contribution in [0.5, 0.6) is 5.75 Å². The SMILES string of the molecule is NCCCC[C@H](N)C(=O)NS(=O)(=O)O[C@@H]1C[C@@H](C(N)=O)N(Cc2ccc(O)c(Br)c2)C1. The maximum Gasteiger partial charge on any atom is 0.362 e. The van der Waals surface area contributed by atoms with E-state index >= 15 is 0 Å². The molecule has 2 rings (SSSR count). The predicted molar refractivity (Wildman–Crippen MR) is 117 cm³/mol. The fourth-order valence-corrected chi connectivity index (χ4v) is 4.70. The first-order valence-electron chi connectivity index (χ1n) is 9.73. The summed E-state index contributed by atoms with van der Waals surface area (Å²) in [4.78, 5) is 25.6. The Balaban J connectivity index is 1.98. The standard InChI is InChI=1S/C18H28BrN5O6S/c19-13-7-11(4-5-16(13)25)9-24-10-12(8-15(24)17(22)26)30-31(28,29)23-18(27)14(21)3-1-2-6-20/h4-5,7,12,14-15,25H,1-3,6,8-10,20-21H2,(H2,22,26)(H,23,27)/t12-,14+,15+/m1/s1. The second-order valence-electron chi connectivity index (χ2n) is 7.40. The number of rotatable bonds is 11. The zero-order valence-electron chi connectivity index (χ0n) is 16.9. The van der Waals surface area contributed by atoms with Gasteiger partial charge in [0.1, 0.15) is 5.75 Å². The number of hydrogen-bond acceptors (Lipinski definition) is 9. The lowest BCUT2D eigenvalue weighted by molar-refractivity contribution is -0.122. The molecule has 0 aromatic heterocycles. The highest BCUT2D eigenvalue weighted by Crippen LogP contribution is 2.28. The quantitative estimate of drug-likeness (QED) is 0.237. The summed E-state index contributed by atoms with van der Waals surface area (Å²) in [5.74, 6) is -1.42. The zero-order chi connectivity index (χ0) is 23.2. The molecule has 13 heteroatoms. The number of halogens is 1. The number of nitrogens with one attached hydrogen (secondary N) is 1. The average Bonchev–Trinajstić information content (AvgIpc) is 3.06. The molecule has 1 saturated heterocycles. The lowest BCUT2D eigenvalue weighted by atomic mass is 10.1. The number of amides is 2. The van der Waals surface area contributed by atoms with E-state index in [1.807, 2.05) is 4.72 Å². The molecular formula is C18H28BrN5O6S. The van der Waals surface area contributed by atoms with Gasteiger partial charge < -0.3 is 22.3 Å². The molecule has 11 nitrogen and oxygen atoms in total. The summed E-state index contributed by atoms with van der Waals surface area (Å²) >= 11 is 3.22. The number of aromatic hydroxyl groups is 1. The van der Waals surface area contributed by atoms with Gasteiger partial charge in [-0.25, -0.2) is 8.91 Å². The summed E-state index contributed by atoms with van der Waals surface area (Å²) in [6, 6.07) is 3.11. The molecule has 1 aliphatic rings. The minimum atomic E-state index is -4.42. The van der Waals surface area contributed by atoms with E-state index in [9.17, 15) is 23.1 Å². The Bertz CT molecular complexity index is 899. The maximum absolute atomic E-state index is 12.3. The third-order valence-corrected chi connectivity index (χ3v) is 6.50. The van der Waals surface area contributed by atoms with Gasteiger partial charge in [-0.05, 0) is 53.0 Å². The Kier molecular flexibility index (Phi) is 9.21. The fraction of sp³-hybridized carbons (Fsp3) is 0.556. The molecule has 174 valence electrons. The Morgan fingerprint density at radius 2 is 2.06 bits per heavy atom. The van der Waals surface area contributed by atoms with Gasteiger partial charge in [0.2, 0.25) is 5.91 Å². The second-order valence-corrected chi connectivity index (χ2v) is 9.56. The van der Waals surface area contributed by atoms with Crippen LogP contribution in [0.4, 0.5) is 0 Å². The highest BCUT2D eigenvalue weighted by Gasteiger charge is 2.39. The largest absolute Gasteiger partial charge is 0.507 e. The third-order valence-electron chi connectivity index (χ3n) is 4.89. The van der Waals surface area contributed by atoms with Crippen LogP contribution in [-0.4, -0.2) is 61.5 Å². The number of hydrogen-bond donors (Lipinski definition) is 5. The van der Waals surface area contributed by atoms with Crippen molar-refractivity contribution in [1.82, 2.24) is 9.62 Å². The Morgan fingerprint density at radius 3 is 2.68 bits per heavy atom. The number of phenols is 1. The molecule has 0 unspecified atom stereocenters. The number of nitrogens with zero attached hydrogens (tertiary/aromatic N) is 1. The Morgan fingerprint density at radius 1 is 1.35 bits per heavy atom. The van der Waals surface area contributed by atoms with Gasteiger partial charge in [0.05, 0.1) is 22.7 Å². The molecule has 31 heavy (non-hydrogen) atoms. The number of carbonyl (C=O) groups excluding carboxylic acids is 2. The smallest absolute Gasteiger partial charge is 0.362 e. The molecule has 1 aromatic carbocycles. The van der Waals surface area contributed by atoms with E-state index in [2.05, 4.69) is 15.9 Å². The molecule has 1 aromatic rings. The van der Waals surface area contributed by atoms with Crippen molar-refractivity contribution in [2.45, 2.75) is 50.4 Å². The van der Waals surface area contributed by atoms with Gasteiger partial charge in [0.25, 0.3) is 5.91 Å². The predicted octanol–water partition coefficient (Wildman–Crippen LogP) is -0.583. The first kappa shape index (κ1) is 25.5. The van der Waals surface area contributed by atoms with Crippen molar-refractivity contribution in [1.29, 1.82) is 0 Å². The summed E-state index contributed by atoms with van der Waals surface area (Å²) in [6.45, 7) is 0.838. The number of likely N-dealkylation sites (tertiary alicyclic amines) is 1. The van der Waals surface area contributed by atoms with Crippen molar-refractivity contribution in [2.75, 3.05) is 13.1 Å². The van der Waals surface area contributed by atoms with Crippen LogP contribution in [-0.2, 0) is 30.6 Å². The molecular weight excluding hydrogens is 494 g/mol. The summed E-state index contributed by atoms with van der Waals surface area (Å²) < 4.78 is 31.9. The normalized spacial score (nSPS) is 20.5. The first-order valence-corrected chi connectivity index (χ1v) is 11.9. The van der Waals surface area contributed by atoms with E-state index < -0.39 is 40.3 Å². The van der Waals surface area contributed by atoms with Crippen LogP contribution in [0.15, 0.2) is 22.7 Å². The molecule has 1 heterocycles. The summed E-state index contributed by atoms with van der Waals surface area (Å²) in [5, 5.41) is 9.62. The molecule has 0 radical (unpaired) electrons. The van der Waals surface area contributed by atoms with Gasteiger partial charge in [0.15, 0.2) is 0 Å². The van der Waals surface area contributed by atoms with Crippen LogP contribution >= 0.6 is 15.9 Å². The number of benzene rings is 1. The van der Waals surface area contributed by atoms with E-state index in [-0.39, 0.29) is 25.3 Å². The highest BCUT2D eigenvalue weighted by atomic mass is 79.9. The summed E-state index contributed by atoms with van der Waals surface area (Å²) in [7, 11) is -4.42. The van der Waals surface area contributed by atoms with E-state index in [1.54, 1.807) is 17.0 Å². The van der Waals surface area contributed by atoms with Crippen molar-refractivity contribution in [2.24, 2.45) is 17.2 Å². The number of nitrogens with two attached hydrogens (primary N) is 3. The second kappa shape index (κ2) is 11.2. The molecule has 2 amide bonds. The Hall–Kier alpha value is -1.77. The van der Waals surface area contributed by atoms with Gasteiger partial charge in [-0.1, -0.05) is 12.5 Å². The number of carbonyl (C=O) groups is 2. The van der Waals surface area contributed by atoms with Crippen molar-refractivity contribution in [3.8, 4) is 5.75 Å². The van der Waals surface area contributed by atoms with Gasteiger partial charge in [-0.3, -0.25) is 14.5 Å². The minimum Gasteiger partial charge on any atom is -0.507 e. The molecule has 0 spiro atoms. The molecule has 0 aliphatic carbocycles. The average molecular weight is 522 g/mol. The molecule has 0 saturated carbocycles. The van der Waals surface area contributed by atoms with E-state index in [0.29, 0.717) is 30.3 Å². The monoisotopic (exact) mass is 521 g/mol. The minimum absolute atomic E-state index is 0.0479. The lowest BCUT2D eigenvalue weighted by Crippen LogP contribution is -2.45. The molecule has 3 atom stereocenters. The van der Waals surface area contributed by atoms with Gasteiger partial charge in [0, 0.05) is 19.5 Å².